The van der Waals surface area contributed by atoms with Crippen LogP contribution in [0.25, 0.3) is 0 Å². The van der Waals surface area contributed by atoms with Crippen LogP contribution in [0.3, 0.4) is 0 Å². The maximum atomic E-state index is 13.6. The molecule has 0 unspecified atom stereocenters. The van der Waals surface area contributed by atoms with Crippen molar-refractivity contribution in [3.05, 3.63) is 53.2 Å². The molecule has 1 aromatic heterocycles. The smallest absolute Gasteiger partial charge is 0.316 e. The number of hydrogen-bond acceptors (Lipinski definition) is 10. The molecule has 0 aliphatic heterocycles. The summed E-state index contributed by atoms with van der Waals surface area (Å²) in [6, 6.07) is 5.20. The van der Waals surface area contributed by atoms with Crippen LogP contribution in [-0.4, -0.2) is 41.9 Å². The van der Waals surface area contributed by atoms with Crippen LogP contribution in [0, 0.1) is 13.0 Å². The molecule has 0 atom stereocenters. The summed E-state index contributed by atoms with van der Waals surface area (Å²) in [4.78, 5) is 16.7. The summed E-state index contributed by atoms with van der Waals surface area (Å²) >= 11 is 6.08. The number of anilines is 3. The quantitative estimate of drug-likeness (QED) is 0.160. The molecule has 36 heavy (non-hydrogen) atoms. The summed E-state index contributed by atoms with van der Waals surface area (Å²) in [6.45, 7) is 1.46. The van der Waals surface area contributed by atoms with Crippen molar-refractivity contribution in [2.75, 3.05) is 10.6 Å². The largest absolute Gasteiger partial charge is 0.351 e. The van der Waals surface area contributed by atoms with E-state index in [1.54, 1.807) is 0 Å². The highest BCUT2D eigenvalue weighted by molar-refractivity contribution is 7.86. The van der Waals surface area contributed by atoms with Crippen molar-refractivity contribution in [3.63, 3.8) is 0 Å². The topological polar surface area (TPSA) is 226 Å². The van der Waals surface area contributed by atoms with Crippen LogP contribution in [0.4, 0.5) is 37.8 Å². The first kappa shape index (κ1) is 26.8. The van der Waals surface area contributed by atoms with Crippen LogP contribution in [0.1, 0.15) is 5.69 Å². The predicted molar refractivity (Wildman–Crippen MR) is 125 cm³/mol. The highest BCUT2D eigenvalue weighted by Crippen LogP contribution is 2.34. The molecular formula is C18H15ClFN7O7S2. The number of nitrogens with two attached hydrogens (primary N) is 1. The molecule has 0 aliphatic rings. The van der Waals surface area contributed by atoms with Crippen molar-refractivity contribution in [1.29, 1.82) is 0 Å². The van der Waals surface area contributed by atoms with E-state index in [1.807, 2.05) is 0 Å². The van der Waals surface area contributed by atoms with Crippen LogP contribution in [0.5, 0.6) is 0 Å². The van der Waals surface area contributed by atoms with Gasteiger partial charge in [0.05, 0.1) is 16.3 Å². The Hall–Kier alpha value is -3.77. The number of rotatable bonds is 7. The van der Waals surface area contributed by atoms with Gasteiger partial charge in [-0.25, -0.2) is 9.78 Å². The van der Waals surface area contributed by atoms with Crippen molar-refractivity contribution in [3.8, 4) is 0 Å². The molecule has 0 saturated heterocycles. The Kier molecular flexibility index (Phi) is 7.51. The van der Waals surface area contributed by atoms with Crippen molar-refractivity contribution in [2.45, 2.75) is 16.7 Å². The fraction of sp³-hybridized carbons (Fsp3) is 0.0556. The molecule has 2 aromatic carbocycles. The second kappa shape index (κ2) is 10.1. The van der Waals surface area contributed by atoms with Crippen molar-refractivity contribution in [1.82, 2.24) is 9.97 Å². The van der Waals surface area contributed by atoms with Crippen LogP contribution in [0.15, 0.2) is 56.4 Å². The molecular weight excluding hydrogens is 545 g/mol. The van der Waals surface area contributed by atoms with Gasteiger partial charge in [0.2, 0.25) is 0 Å². The zero-order chi connectivity index (χ0) is 26.8. The number of amides is 2. The number of carbonyl (C=O) groups is 1. The normalized spacial score (nSPS) is 12.0. The van der Waals surface area contributed by atoms with Gasteiger partial charge in [-0.3, -0.25) is 9.11 Å². The third kappa shape index (κ3) is 6.46. The fourth-order valence-corrected chi connectivity index (χ4v) is 4.09. The van der Waals surface area contributed by atoms with Gasteiger partial charge in [-0.1, -0.05) is 11.6 Å². The van der Waals surface area contributed by atoms with Gasteiger partial charge in [-0.05, 0) is 43.3 Å². The molecule has 190 valence electrons. The molecule has 0 aliphatic carbocycles. The lowest BCUT2D eigenvalue weighted by atomic mass is 10.2. The minimum absolute atomic E-state index is 0.0376. The first-order valence-corrected chi connectivity index (χ1v) is 12.6. The average molecular weight is 560 g/mol. The summed E-state index contributed by atoms with van der Waals surface area (Å²) in [7, 11) is -9.77. The molecule has 3 rings (SSSR count). The van der Waals surface area contributed by atoms with E-state index in [1.165, 1.54) is 25.1 Å². The van der Waals surface area contributed by atoms with E-state index in [0.717, 1.165) is 12.1 Å². The number of aryl methyl sites for hydroxylation is 1. The summed E-state index contributed by atoms with van der Waals surface area (Å²) in [5.74, 6) is -0.0715. The Morgan fingerprint density at radius 2 is 1.67 bits per heavy atom. The summed E-state index contributed by atoms with van der Waals surface area (Å²) in [5, 5.41) is 12.6. The first-order chi connectivity index (χ1) is 16.6. The minimum atomic E-state index is -4.99. The van der Waals surface area contributed by atoms with Crippen LogP contribution in [-0.2, 0) is 20.2 Å². The Morgan fingerprint density at radius 1 is 1.03 bits per heavy atom. The van der Waals surface area contributed by atoms with E-state index in [4.69, 9.17) is 21.9 Å². The van der Waals surface area contributed by atoms with Gasteiger partial charge >= 0.3 is 12.1 Å². The maximum Gasteiger partial charge on any atom is 0.316 e. The maximum absolute atomic E-state index is 13.6. The SMILES string of the molecule is Cc1nc(F)nc(Nc2ccc(N=Nc3ccc(S(=O)(=O)O)cc3S(=O)(=O)O)c(NC(N)=O)c2)c1Cl. The molecule has 6 N–H and O–H groups in total. The number of carbonyl (C=O) groups excluding carboxylic acids is 1. The van der Waals surface area contributed by atoms with Gasteiger partial charge in [0.1, 0.15) is 21.3 Å². The Balaban J connectivity index is 2.04. The summed E-state index contributed by atoms with van der Waals surface area (Å²) < 4.78 is 78.1. The number of azo groups is 1. The van der Waals surface area contributed by atoms with E-state index < -0.39 is 47.8 Å². The number of hydrogen-bond donors (Lipinski definition) is 5. The van der Waals surface area contributed by atoms with Gasteiger partial charge in [0.25, 0.3) is 20.2 Å². The van der Waals surface area contributed by atoms with E-state index in [2.05, 4.69) is 30.8 Å². The molecule has 0 bridgehead atoms. The number of aromatic nitrogens is 2. The fourth-order valence-electron chi connectivity index (χ4n) is 2.73. The number of nitrogens with one attached hydrogen (secondary N) is 2. The third-order valence-electron chi connectivity index (χ3n) is 4.28. The Morgan fingerprint density at radius 3 is 2.28 bits per heavy atom. The minimum Gasteiger partial charge on any atom is -0.351 e. The predicted octanol–water partition coefficient (Wildman–Crippen LogP) is 3.72. The van der Waals surface area contributed by atoms with E-state index in [-0.39, 0.29) is 33.6 Å². The average Bonchev–Trinajstić information content (AvgIpc) is 2.75. The molecule has 0 spiro atoms. The highest BCUT2D eigenvalue weighted by atomic mass is 35.5. The van der Waals surface area contributed by atoms with Gasteiger partial charge in [-0.2, -0.15) is 26.2 Å². The molecule has 0 saturated carbocycles. The van der Waals surface area contributed by atoms with Gasteiger partial charge in [0, 0.05) is 5.69 Å². The monoisotopic (exact) mass is 559 g/mol. The Bertz CT molecular complexity index is 1620. The van der Waals surface area contributed by atoms with Gasteiger partial charge in [0.15, 0.2) is 5.82 Å². The van der Waals surface area contributed by atoms with E-state index >= 15 is 0 Å². The van der Waals surface area contributed by atoms with E-state index in [9.17, 15) is 30.6 Å². The van der Waals surface area contributed by atoms with Crippen molar-refractivity contribution >= 4 is 66.4 Å². The lowest BCUT2D eigenvalue weighted by molar-refractivity contribution is 0.259. The molecule has 14 nitrogen and oxygen atoms in total. The molecule has 18 heteroatoms. The number of urea groups is 1. The molecule has 1 heterocycles. The second-order valence-electron chi connectivity index (χ2n) is 6.87. The number of primary amides is 1. The summed E-state index contributed by atoms with van der Waals surface area (Å²) in [5.41, 5.74) is 5.00. The summed E-state index contributed by atoms with van der Waals surface area (Å²) in [6.07, 6.45) is -1.03. The third-order valence-corrected chi connectivity index (χ3v) is 6.46. The molecule has 3 aromatic rings. The lowest BCUT2D eigenvalue weighted by Crippen LogP contribution is -2.19. The standard InChI is InChI=1S/C18H15ClFN7O7S2/c1-8-15(19)16(25-17(20)22-8)23-9-2-4-11(13(6-9)24-18(21)28)26-27-12-5-3-10(35(29,30)31)7-14(12)36(32,33)34/h2-7H,1H3,(H3,21,24,28)(H,22,23,25)(H,29,30,31)(H,32,33,34). The zero-order valence-electron chi connectivity index (χ0n) is 17.8. The van der Waals surface area contributed by atoms with Gasteiger partial charge in [-0.15, -0.1) is 10.2 Å². The van der Waals surface area contributed by atoms with Crippen LogP contribution < -0.4 is 16.4 Å². The first-order valence-electron chi connectivity index (χ1n) is 9.33. The van der Waals surface area contributed by atoms with Gasteiger partial charge < -0.3 is 16.4 Å². The van der Waals surface area contributed by atoms with E-state index in [0.29, 0.717) is 6.07 Å². The molecule has 0 fully saturated rings. The second-order valence-corrected chi connectivity index (χ2v) is 10.1. The highest BCUT2D eigenvalue weighted by Gasteiger charge is 2.21. The zero-order valence-corrected chi connectivity index (χ0v) is 20.2. The Labute approximate surface area is 207 Å². The van der Waals surface area contributed by atoms with Crippen LogP contribution in [0.2, 0.25) is 5.02 Å². The number of benzene rings is 2. The van der Waals surface area contributed by atoms with Crippen LogP contribution >= 0.6 is 11.6 Å². The van der Waals surface area contributed by atoms with Crippen molar-refractivity contribution in [2.24, 2.45) is 16.0 Å². The molecule has 2 amide bonds. The molecule has 0 radical (unpaired) electrons. The van der Waals surface area contributed by atoms with Crippen molar-refractivity contribution < 1.29 is 35.1 Å². The number of halogens is 2. The number of nitrogens with zero attached hydrogens (tertiary/aromatic N) is 4. The lowest BCUT2D eigenvalue weighted by Gasteiger charge is -2.12.